The van der Waals surface area contributed by atoms with Gasteiger partial charge in [0.25, 0.3) is 0 Å². The lowest BCUT2D eigenvalue weighted by molar-refractivity contribution is 0.373. The quantitative estimate of drug-likeness (QED) is 0.606. The third-order valence-electron chi connectivity index (χ3n) is 1.31. The minimum Gasteiger partial charge on any atom is -0.296 e. The number of aryl methyl sites for hydroxylation is 1. The van der Waals surface area contributed by atoms with Crippen LogP contribution in [0.5, 0.6) is 0 Å². The fourth-order valence-electron chi connectivity index (χ4n) is 0.812. The van der Waals surface area contributed by atoms with Gasteiger partial charge >= 0.3 is 5.76 Å². The van der Waals surface area contributed by atoms with E-state index in [0.717, 1.165) is 6.42 Å². The summed E-state index contributed by atoms with van der Waals surface area (Å²) in [7, 11) is 0. The van der Waals surface area contributed by atoms with Gasteiger partial charge in [-0.15, -0.1) is 0 Å². The molecule has 0 aromatic carbocycles. The van der Waals surface area contributed by atoms with E-state index in [-0.39, 0.29) is 5.76 Å². The molecule has 56 valence electrons. The molecule has 4 heteroatoms. The monoisotopic (exact) mass is 142 g/mol. The highest BCUT2D eigenvalue weighted by atomic mass is 16.5. The maximum absolute atomic E-state index is 10.8. The van der Waals surface area contributed by atoms with Crippen LogP contribution in [0.25, 0.3) is 0 Å². The normalized spacial score (nSPS) is 10.2. The molecule has 0 saturated heterocycles. The molecule has 0 atom stereocenters. The van der Waals surface area contributed by atoms with E-state index >= 15 is 0 Å². The van der Waals surface area contributed by atoms with Crippen LogP contribution in [-0.2, 0) is 6.54 Å². The van der Waals surface area contributed by atoms with Crippen LogP contribution in [0.1, 0.15) is 19.2 Å². The highest BCUT2D eigenvalue weighted by Gasteiger charge is 2.02. The summed E-state index contributed by atoms with van der Waals surface area (Å²) in [6.45, 7) is 4.44. The average molecular weight is 142 g/mol. The van der Waals surface area contributed by atoms with E-state index in [1.807, 2.05) is 6.92 Å². The molecule has 4 nitrogen and oxygen atoms in total. The Morgan fingerprint density at radius 1 is 1.70 bits per heavy atom. The van der Waals surface area contributed by atoms with E-state index < -0.39 is 0 Å². The topological polar surface area (TPSA) is 48.0 Å². The number of hydrogen-bond donors (Lipinski definition) is 0. The van der Waals surface area contributed by atoms with Crippen molar-refractivity contribution in [2.24, 2.45) is 0 Å². The van der Waals surface area contributed by atoms with E-state index in [4.69, 9.17) is 0 Å². The largest absolute Gasteiger partial charge is 0.441 e. The van der Waals surface area contributed by atoms with Crippen molar-refractivity contribution in [1.29, 1.82) is 0 Å². The van der Waals surface area contributed by atoms with Crippen LogP contribution >= 0.6 is 0 Å². The molecule has 0 saturated carbocycles. The highest BCUT2D eigenvalue weighted by molar-refractivity contribution is 4.77. The Balaban J connectivity index is 2.99. The van der Waals surface area contributed by atoms with Gasteiger partial charge in [0.15, 0.2) is 5.82 Å². The molecule has 1 heterocycles. The Morgan fingerprint density at radius 3 is 2.80 bits per heavy atom. The maximum Gasteiger partial charge on any atom is 0.441 e. The fourth-order valence-corrected chi connectivity index (χ4v) is 0.812. The summed E-state index contributed by atoms with van der Waals surface area (Å²) in [5.74, 6) is 0.284. The minimum atomic E-state index is -0.362. The summed E-state index contributed by atoms with van der Waals surface area (Å²) in [6, 6.07) is 0. The molecule has 1 aromatic rings. The van der Waals surface area contributed by atoms with Crippen molar-refractivity contribution in [2.75, 3.05) is 0 Å². The lowest BCUT2D eigenvalue weighted by atomic mass is 10.5. The van der Waals surface area contributed by atoms with Crippen LogP contribution in [0, 0.1) is 6.92 Å². The van der Waals surface area contributed by atoms with Crippen molar-refractivity contribution in [2.45, 2.75) is 26.8 Å². The van der Waals surface area contributed by atoms with Crippen LogP contribution in [-0.4, -0.2) is 9.72 Å². The summed E-state index contributed by atoms with van der Waals surface area (Å²) in [4.78, 5) is 10.8. The molecule has 0 aliphatic carbocycles. The molecule has 0 fully saturated rings. The number of nitrogens with zero attached hydrogens (tertiary/aromatic N) is 2. The predicted octanol–water partition coefficient (Wildman–Crippen LogP) is 0.555. The minimum absolute atomic E-state index is 0.362. The lowest BCUT2D eigenvalue weighted by Gasteiger charge is -1.94. The van der Waals surface area contributed by atoms with Crippen molar-refractivity contribution in [3.63, 3.8) is 0 Å². The van der Waals surface area contributed by atoms with Crippen molar-refractivity contribution in [3.05, 3.63) is 16.4 Å². The van der Waals surface area contributed by atoms with Crippen LogP contribution in [0.2, 0.25) is 0 Å². The predicted molar refractivity (Wildman–Crippen MR) is 35.8 cm³/mol. The van der Waals surface area contributed by atoms with Crippen molar-refractivity contribution in [1.82, 2.24) is 9.72 Å². The van der Waals surface area contributed by atoms with Gasteiger partial charge in [0, 0.05) is 6.54 Å². The number of rotatable bonds is 2. The van der Waals surface area contributed by atoms with Gasteiger partial charge in [-0.05, 0) is 13.3 Å². The molecule has 0 unspecified atom stereocenters. The van der Waals surface area contributed by atoms with Crippen molar-refractivity contribution >= 4 is 0 Å². The maximum atomic E-state index is 10.8. The van der Waals surface area contributed by atoms with Crippen molar-refractivity contribution < 1.29 is 4.52 Å². The molecule has 0 spiro atoms. The molecular formula is C6H10N2O2. The molecule has 10 heavy (non-hydrogen) atoms. The van der Waals surface area contributed by atoms with Gasteiger partial charge in [0.1, 0.15) is 0 Å². The molecular weight excluding hydrogens is 132 g/mol. The zero-order valence-electron chi connectivity index (χ0n) is 6.13. The zero-order valence-corrected chi connectivity index (χ0v) is 6.13. The van der Waals surface area contributed by atoms with E-state index in [2.05, 4.69) is 9.68 Å². The Kier molecular flexibility index (Phi) is 1.89. The van der Waals surface area contributed by atoms with E-state index in [9.17, 15) is 4.79 Å². The molecule has 0 amide bonds. The van der Waals surface area contributed by atoms with Gasteiger partial charge < -0.3 is 0 Å². The summed E-state index contributed by atoms with van der Waals surface area (Å²) in [6.07, 6.45) is 0.919. The molecule has 0 N–H and O–H groups in total. The SMILES string of the molecule is CCCn1c(C)noc1=O. The zero-order chi connectivity index (χ0) is 7.56. The van der Waals surface area contributed by atoms with Gasteiger partial charge in [-0.1, -0.05) is 12.1 Å². The summed E-state index contributed by atoms with van der Waals surface area (Å²) < 4.78 is 5.92. The third kappa shape index (κ3) is 1.10. The second-order valence-electron chi connectivity index (χ2n) is 2.15. The van der Waals surface area contributed by atoms with Crippen LogP contribution in [0.15, 0.2) is 9.32 Å². The second kappa shape index (κ2) is 2.68. The molecule has 0 radical (unpaired) electrons. The first-order valence-corrected chi connectivity index (χ1v) is 3.28. The molecule has 0 aliphatic rings. The molecule has 1 rings (SSSR count). The average Bonchev–Trinajstić information content (AvgIpc) is 2.20. The van der Waals surface area contributed by atoms with Gasteiger partial charge in [-0.2, -0.15) is 0 Å². The van der Waals surface area contributed by atoms with Crippen LogP contribution in [0.4, 0.5) is 0 Å². The smallest absolute Gasteiger partial charge is 0.296 e. The standard InChI is InChI=1S/C6H10N2O2/c1-3-4-8-5(2)7-10-6(8)9/h3-4H2,1-2H3. The summed E-state index contributed by atoms with van der Waals surface area (Å²) in [5, 5.41) is 3.51. The van der Waals surface area contributed by atoms with E-state index in [1.54, 1.807) is 6.92 Å². The van der Waals surface area contributed by atoms with E-state index in [0.29, 0.717) is 12.4 Å². The fraction of sp³-hybridized carbons (Fsp3) is 0.667. The van der Waals surface area contributed by atoms with Gasteiger partial charge in [-0.25, -0.2) is 4.79 Å². The molecule has 1 aromatic heterocycles. The first kappa shape index (κ1) is 7.05. The molecule has 0 bridgehead atoms. The first-order chi connectivity index (χ1) is 4.75. The Labute approximate surface area is 58.4 Å². The second-order valence-corrected chi connectivity index (χ2v) is 2.15. The summed E-state index contributed by atoms with van der Waals surface area (Å²) >= 11 is 0. The van der Waals surface area contributed by atoms with Crippen LogP contribution < -0.4 is 5.76 Å². The van der Waals surface area contributed by atoms with Gasteiger partial charge in [0.05, 0.1) is 0 Å². The van der Waals surface area contributed by atoms with E-state index in [1.165, 1.54) is 4.57 Å². The van der Waals surface area contributed by atoms with Gasteiger partial charge in [-0.3, -0.25) is 9.09 Å². The molecule has 0 aliphatic heterocycles. The Bertz CT molecular complexity index is 261. The number of aromatic nitrogens is 2. The highest BCUT2D eigenvalue weighted by Crippen LogP contribution is 1.90. The third-order valence-corrected chi connectivity index (χ3v) is 1.31. The number of hydrogen-bond acceptors (Lipinski definition) is 3. The first-order valence-electron chi connectivity index (χ1n) is 3.28. The van der Waals surface area contributed by atoms with Crippen LogP contribution in [0.3, 0.4) is 0 Å². The lowest BCUT2D eigenvalue weighted by Crippen LogP contribution is -2.15. The Hall–Kier alpha value is -1.06. The van der Waals surface area contributed by atoms with Crippen molar-refractivity contribution in [3.8, 4) is 0 Å². The summed E-state index contributed by atoms with van der Waals surface area (Å²) in [5.41, 5.74) is 0. The Morgan fingerprint density at radius 2 is 2.40 bits per heavy atom. The van der Waals surface area contributed by atoms with Gasteiger partial charge in [0.2, 0.25) is 0 Å².